The molecule has 0 saturated carbocycles. The fraction of sp³-hybridized carbons (Fsp3) is 0.276. The van der Waals surface area contributed by atoms with Crippen LogP contribution in [0.4, 0.5) is 23.3 Å². The Labute approximate surface area is 487 Å². The number of aromatic carboxylic acids is 1. The summed E-state index contributed by atoms with van der Waals surface area (Å²) in [6.45, 7) is 2.85. The van der Waals surface area contributed by atoms with Crippen LogP contribution in [0.15, 0.2) is 119 Å². The molecule has 2 aliphatic heterocycles. The molecule has 0 aliphatic carbocycles. The van der Waals surface area contributed by atoms with Crippen molar-refractivity contribution in [3.63, 3.8) is 0 Å². The number of nitriles is 2. The van der Waals surface area contributed by atoms with Gasteiger partial charge in [-0.2, -0.15) is 20.5 Å². The number of carbonyl (C=O) groups excluding carboxylic acids is 3. The highest BCUT2D eigenvalue weighted by Gasteiger charge is 2.27. The average Bonchev–Trinajstić information content (AvgIpc) is 4.46. The number of piperidine rings is 2. The standard InChI is InChI=1S/C29H28N8O5.C25H27N7O3.C4H3NO3/c1-36(2)28(38)21-5-7-25(35-27(21)40-3)34-26-13-22(32-16-33-26)18-4-6-23(19(12-18)14-30)42-20-8-10-37(11-9-20)29(39)24-15-31-17-41-24;1-32(2)25(33)19-5-7-22(31-24(19)34-3)30-23-13-20(28-15-29-23)16-4-6-21(17(12-16)14-26)35-18-8-10-27-11-9-18;6-4(7)3-1-5-2-8-3/h4-7,12-13,15-17,20H,8-11H2,1-3H3,(H,32,33,34,35);4-7,12-13,15,18,27H,8-11H2,1-3H3,(H,28,29,30,31);1-2H,(H,6,7). The molecule has 0 radical (unpaired) electrons. The molecule has 0 bridgehead atoms. The molecular formula is C58H58N16O11. The van der Waals surface area contributed by atoms with Crippen molar-refractivity contribution in [1.82, 2.24) is 59.9 Å². The highest BCUT2D eigenvalue weighted by molar-refractivity contribution is 5.97. The third kappa shape index (κ3) is 15.7. The summed E-state index contributed by atoms with van der Waals surface area (Å²) in [6, 6.07) is 25.3. The molecule has 0 unspecified atom stereocenters. The lowest BCUT2D eigenvalue weighted by atomic mass is 10.1. The number of amides is 3. The van der Waals surface area contributed by atoms with E-state index in [2.05, 4.69) is 72.4 Å². The number of carboxylic acid groups (broad SMARTS) is 1. The molecular weight excluding hydrogens is 1100 g/mol. The molecule has 8 aromatic rings. The van der Waals surface area contributed by atoms with E-state index in [4.69, 9.17) is 28.5 Å². The maximum Gasteiger partial charge on any atom is 0.373 e. The molecule has 0 spiro atoms. The Hall–Kier alpha value is -11.1. The van der Waals surface area contributed by atoms with E-state index >= 15 is 0 Å². The lowest BCUT2D eigenvalue weighted by Gasteiger charge is -2.31. The minimum Gasteiger partial charge on any atom is -0.489 e. The van der Waals surface area contributed by atoms with Gasteiger partial charge >= 0.3 is 5.97 Å². The van der Waals surface area contributed by atoms with Gasteiger partial charge in [0.25, 0.3) is 17.7 Å². The van der Waals surface area contributed by atoms with Crippen LogP contribution in [-0.2, 0) is 0 Å². The lowest BCUT2D eigenvalue weighted by Crippen LogP contribution is -2.41. The minimum atomic E-state index is -1.09. The summed E-state index contributed by atoms with van der Waals surface area (Å²) in [6.07, 6.45) is 10.7. The number of nitrogens with zero attached hydrogens (tertiary/aromatic N) is 13. The number of benzene rings is 2. The third-order valence-corrected chi connectivity index (χ3v) is 12.9. The molecule has 6 aromatic heterocycles. The largest absolute Gasteiger partial charge is 0.489 e. The molecule has 2 aromatic carbocycles. The summed E-state index contributed by atoms with van der Waals surface area (Å²) in [7, 11) is 9.56. The summed E-state index contributed by atoms with van der Waals surface area (Å²) >= 11 is 0. The minimum absolute atomic E-state index is 0.105. The molecule has 27 nitrogen and oxygen atoms in total. The van der Waals surface area contributed by atoms with E-state index in [0.717, 1.165) is 44.1 Å². The zero-order valence-electron chi connectivity index (χ0n) is 47.0. The van der Waals surface area contributed by atoms with E-state index in [-0.39, 0.29) is 53.2 Å². The molecule has 2 saturated heterocycles. The first-order chi connectivity index (χ1) is 41.1. The highest BCUT2D eigenvalue weighted by atomic mass is 16.5. The van der Waals surface area contributed by atoms with Gasteiger partial charge in [0, 0.05) is 77.4 Å². The number of ether oxygens (including phenoxy) is 4. The van der Waals surface area contributed by atoms with Crippen molar-refractivity contribution in [2.75, 3.05) is 79.2 Å². The molecule has 27 heteroatoms. The molecule has 3 amide bonds. The van der Waals surface area contributed by atoms with Crippen LogP contribution in [0.3, 0.4) is 0 Å². The van der Waals surface area contributed by atoms with Gasteiger partial charge in [0.05, 0.1) is 49.1 Å². The Morgan fingerprint density at radius 2 is 1.08 bits per heavy atom. The zero-order chi connectivity index (χ0) is 60.4. The maximum atomic E-state index is 12.5. The van der Waals surface area contributed by atoms with Crippen molar-refractivity contribution < 1.29 is 52.1 Å². The number of aromatic nitrogens is 8. The van der Waals surface area contributed by atoms with E-state index < -0.39 is 5.97 Å². The van der Waals surface area contributed by atoms with Crippen LogP contribution in [-0.4, -0.2) is 164 Å². The number of hydrogen-bond donors (Lipinski definition) is 4. The zero-order valence-corrected chi connectivity index (χ0v) is 47.0. The van der Waals surface area contributed by atoms with Crippen molar-refractivity contribution in [2.24, 2.45) is 0 Å². The smallest absolute Gasteiger partial charge is 0.373 e. The van der Waals surface area contributed by atoms with Gasteiger partial charge in [-0.25, -0.2) is 34.7 Å². The summed E-state index contributed by atoms with van der Waals surface area (Å²) < 4.78 is 32.4. The van der Waals surface area contributed by atoms with Crippen LogP contribution in [0.25, 0.3) is 22.5 Å². The number of nitrogens with one attached hydrogen (secondary N) is 3. The number of anilines is 4. The summed E-state index contributed by atoms with van der Waals surface area (Å²) in [5, 5.41) is 37.2. The van der Waals surface area contributed by atoms with Crippen LogP contribution in [0, 0.1) is 22.7 Å². The fourth-order valence-corrected chi connectivity index (χ4v) is 8.57. The van der Waals surface area contributed by atoms with E-state index in [1.807, 2.05) is 18.2 Å². The predicted octanol–water partition coefficient (Wildman–Crippen LogP) is 6.90. The van der Waals surface area contributed by atoms with Gasteiger partial charge in [-0.05, 0) is 86.6 Å². The third-order valence-electron chi connectivity index (χ3n) is 12.9. The maximum absolute atomic E-state index is 12.5. The van der Waals surface area contributed by atoms with Crippen LogP contribution >= 0.6 is 0 Å². The first-order valence-electron chi connectivity index (χ1n) is 26.3. The number of likely N-dealkylation sites (tertiary alicyclic amines) is 1. The Morgan fingerprint density at radius 1 is 0.624 bits per heavy atom. The predicted molar refractivity (Wildman–Crippen MR) is 305 cm³/mol. The molecule has 436 valence electrons. The number of methoxy groups -OCH3 is 2. The molecule has 85 heavy (non-hydrogen) atoms. The molecule has 8 heterocycles. The van der Waals surface area contributed by atoms with E-state index in [1.165, 1.54) is 49.3 Å². The second kappa shape index (κ2) is 28.6. The summed E-state index contributed by atoms with van der Waals surface area (Å²) in [5.74, 6) is 1.68. The second-order valence-corrected chi connectivity index (χ2v) is 19.1. The highest BCUT2D eigenvalue weighted by Crippen LogP contribution is 2.32. The van der Waals surface area contributed by atoms with Crippen molar-refractivity contribution >= 4 is 47.0 Å². The summed E-state index contributed by atoms with van der Waals surface area (Å²) in [5.41, 5.74) is 4.22. The quantitative estimate of drug-likeness (QED) is 0.0763. The van der Waals surface area contributed by atoms with Gasteiger partial charge in [0.2, 0.25) is 23.3 Å². The number of pyridine rings is 2. The number of carboxylic acids is 1. The van der Waals surface area contributed by atoms with Crippen molar-refractivity contribution in [1.29, 1.82) is 10.5 Å². The first kappa shape index (κ1) is 60.0. The lowest BCUT2D eigenvalue weighted by molar-refractivity contribution is 0.0565. The molecule has 10 rings (SSSR count). The van der Waals surface area contributed by atoms with Gasteiger partial charge in [-0.3, -0.25) is 14.4 Å². The molecule has 4 N–H and O–H groups in total. The van der Waals surface area contributed by atoms with Crippen molar-refractivity contribution in [3.05, 3.63) is 144 Å². The molecule has 2 fully saturated rings. The topological polar surface area (TPSA) is 348 Å². The fourth-order valence-electron chi connectivity index (χ4n) is 8.57. The molecule has 0 atom stereocenters. The normalized spacial score (nSPS) is 13.0. The van der Waals surface area contributed by atoms with Crippen LogP contribution in [0.1, 0.15) is 78.6 Å². The Kier molecular flexibility index (Phi) is 20.2. The SMILES string of the molecule is COc1nc(Nc2cc(-c3ccc(OC4CCN(C(=O)c5cnco5)CC4)c(C#N)c3)ncn2)ccc1C(=O)N(C)C.COc1nc(Nc2cc(-c3ccc(OC4CCNCC4)c(C#N)c3)ncn2)ccc1C(=O)N(C)C.O=C(O)c1cnco1. The van der Waals surface area contributed by atoms with Gasteiger partial charge < -0.3 is 63.5 Å². The Balaban J connectivity index is 0.000000198. The Bertz CT molecular complexity index is 3700. The van der Waals surface area contributed by atoms with Crippen molar-refractivity contribution in [2.45, 2.75) is 37.9 Å². The number of hydrogen-bond acceptors (Lipinski definition) is 23. The summed E-state index contributed by atoms with van der Waals surface area (Å²) in [4.78, 5) is 84.9. The average molecular weight is 1160 g/mol. The van der Waals surface area contributed by atoms with Gasteiger partial charge in [-0.1, -0.05) is 0 Å². The van der Waals surface area contributed by atoms with Gasteiger partial charge in [-0.15, -0.1) is 0 Å². The van der Waals surface area contributed by atoms with Gasteiger partial charge in [0.15, 0.2) is 12.8 Å². The number of rotatable bonds is 16. The van der Waals surface area contributed by atoms with Crippen LogP contribution in [0.5, 0.6) is 23.3 Å². The van der Waals surface area contributed by atoms with Crippen LogP contribution in [0.2, 0.25) is 0 Å². The van der Waals surface area contributed by atoms with Gasteiger partial charge in [0.1, 0.15) is 82.9 Å². The molecule has 2 aliphatic rings. The number of oxazole rings is 2. The van der Waals surface area contributed by atoms with E-state index in [1.54, 1.807) is 87.7 Å². The van der Waals surface area contributed by atoms with E-state index in [9.17, 15) is 29.7 Å². The first-order valence-corrected chi connectivity index (χ1v) is 26.3. The second-order valence-electron chi connectivity index (χ2n) is 19.1. The van der Waals surface area contributed by atoms with Crippen LogP contribution < -0.4 is 34.9 Å². The Morgan fingerprint density at radius 3 is 1.48 bits per heavy atom. The van der Waals surface area contributed by atoms with E-state index in [0.29, 0.717) is 99.9 Å². The van der Waals surface area contributed by atoms with Crippen molar-refractivity contribution in [3.8, 4) is 57.9 Å². The monoisotopic (exact) mass is 1150 g/mol. The number of carbonyl (C=O) groups is 4.